The molecule has 2 heteroatoms. The van der Waals surface area contributed by atoms with Crippen LogP contribution >= 0.6 is 0 Å². The van der Waals surface area contributed by atoms with Gasteiger partial charge in [-0.05, 0) is 81.7 Å². The van der Waals surface area contributed by atoms with Crippen LogP contribution in [0.1, 0.15) is 50.2 Å². The fraction of sp³-hybridized carbons (Fsp3) is 0.667. The van der Waals surface area contributed by atoms with Crippen LogP contribution in [-0.2, 0) is 11.0 Å². The van der Waals surface area contributed by atoms with Gasteiger partial charge in [-0.1, -0.05) is 24.3 Å². The van der Waals surface area contributed by atoms with Crippen molar-refractivity contribution in [1.29, 1.82) is 0 Å². The quantitative estimate of drug-likeness (QED) is 0.888. The van der Waals surface area contributed by atoms with Crippen molar-refractivity contribution < 1.29 is 0 Å². The molecule has 0 radical (unpaired) electrons. The molecule has 4 aliphatic heterocycles. The van der Waals surface area contributed by atoms with Crippen LogP contribution in [0.25, 0.3) is 0 Å². The highest BCUT2D eigenvalue weighted by atomic mass is 15.1. The lowest BCUT2D eigenvalue weighted by atomic mass is 9.67. The lowest BCUT2D eigenvalue weighted by Crippen LogP contribution is -2.50. The molecule has 20 heavy (non-hydrogen) atoms. The summed E-state index contributed by atoms with van der Waals surface area (Å²) in [6, 6.07) is 9.65. The molecular formula is C18H26N2. The highest BCUT2D eigenvalue weighted by Crippen LogP contribution is 2.43. The maximum atomic E-state index is 3.67. The van der Waals surface area contributed by atoms with Gasteiger partial charge < -0.3 is 10.2 Å². The number of benzene rings is 1. The third kappa shape index (κ3) is 1.93. The second-order valence-corrected chi connectivity index (χ2v) is 7.31. The number of nitrogens with zero attached hydrogens (tertiary/aromatic N) is 1. The lowest BCUT2D eigenvalue weighted by Gasteiger charge is -2.49. The van der Waals surface area contributed by atoms with Crippen LogP contribution < -0.4 is 5.32 Å². The van der Waals surface area contributed by atoms with E-state index >= 15 is 0 Å². The third-order valence-electron chi connectivity index (χ3n) is 6.22. The molecule has 2 bridgehead atoms. The Bertz CT molecular complexity index is 463. The maximum absolute atomic E-state index is 3.67. The molecule has 4 fully saturated rings. The summed E-state index contributed by atoms with van der Waals surface area (Å²) in [5.41, 5.74) is 3.79. The predicted octanol–water partition coefficient (Wildman–Crippen LogP) is 3.02. The van der Waals surface area contributed by atoms with E-state index in [9.17, 15) is 0 Å². The van der Waals surface area contributed by atoms with E-state index in [1.165, 1.54) is 57.3 Å². The Balaban J connectivity index is 1.61. The normalized spacial score (nSPS) is 40.1. The third-order valence-corrected chi connectivity index (χ3v) is 6.22. The molecule has 1 atom stereocenters. The van der Waals surface area contributed by atoms with Crippen molar-refractivity contribution >= 4 is 0 Å². The van der Waals surface area contributed by atoms with E-state index in [1.54, 1.807) is 5.56 Å². The number of rotatable bonds is 2. The summed E-state index contributed by atoms with van der Waals surface area (Å²) in [5, 5.41) is 3.67. The van der Waals surface area contributed by atoms with Crippen molar-refractivity contribution in [2.45, 2.75) is 50.0 Å². The largest absolute Gasteiger partial charge is 0.308 e. The zero-order chi connectivity index (χ0) is 13.6. The van der Waals surface area contributed by atoms with Gasteiger partial charge in [0, 0.05) is 5.54 Å². The van der Waals surface area contributed by atoms with Crippen LogP contribution in [0.3, 0.4) is 0 Å². The highest BCUT2D eigenvalue weighted by molar-refractivity contribution is 5.34. The fourth-order valence-electron chi connectivity index (χ4n) is 4.59. The molecule has 1 unspecified atom stereocenters. The average Bonchev–Trinajstić information content (AvgIpc) is 2.97. The van der Waals surface area contributed by atoms with E-state index < -0.39 is 0 Å². The molecule has 1 aromatic carbocycles. The number of hydrogen-bond donors (Lipinski definition) is 1. The summed E-state index contributed by atoms with van der Waals surface area (Å²) in [4.78, 5) is 2.62. The van der Waals surface area contributed by atoms with E-state index in [2.05, 4.69) is 41.4 Å². The van der Waals surface area contributed by atoms with Crippen LogP contribution in [-0.4, -0.2) is 31.1 Å². The van der Waals surface area contributed by atoms with E-state index in [1.807, 2.05) is 0 Å². The van der Waals surface area contributed by atoms with Crippen LogP contribution in [0.4, 0.5) is 0 Å². The lowest BCUT2D eigenvalue weighted by molar-refractivity contribution is 0.0817. The minimum Gasteiger partial charge on any atom is -0.308 e. The van der Waals surface area contributed by atoms with E-state index in [-0.39, 0.29) is 5.54 Å². The van der Waals surface area contributed by atoms with E-state index in [0.29, 0.717) is 5.41 Å². The van der Waals surface area contributed by atoms with Crippen molar-refractivity contribution in [3.05, 3.63) is 35.4 Å². The standard InChI is InChI=1S/C18H26N2/c1-17(7-2-11-19-17)15-3-5-16(6-4-15)18-8-12-20(13-9-18)14-10-18/h3-6,19H,2,7-14H2,1H3. The first kappa shape index (κ1) is 12.8. The van der Waals surface area contributed by atoms with Crippen molar-refractivity contribution in [3.63, 3.8) is 0 Å². The highest BCUT2D eigenvalue weighted by Gasteiger charge is 2.40. The van der Waals surface area contributed by atoms with Crippen LogP contribution in [0.5, 0.6) is 0 Å². The topological polar surface area (TPSA) is 15.3 Å². The smallest absolute Gasteiger partial charge is 0.0406 e. The molecule has 0 saturated carbocycles. The number of piperidine rings is 3. The maximum Gasteiger partial charge on any atom is 0.0406 e. The Kier molecular flexibility index (Phi) is 2.94. The van der Waals surface area contributed by atoms with Gasteiger partial charge in [0.25, 0.3) is 0 Å². The minimum absolute atomic E-state index is 0.214. The second-order valence-electron chi connectivity index (χ2n) is 7.31. The van der Waals surface area contributed by atoms with Crippen LogP contribution in [0, 0.1) is 0 Å². The summed E-state index contributed by atoms with van der Waals surface area (Å²) < 4.78 is 0. The molecule has 2 nitrogen and oxygen atoms in total. The Labute approximate surface area is 122 Å². The zero-order valence-electron chi connectivity index (χ0n) is 12.6. The predicted molar refractivity (Wildman–Crippen MR) is 83.0 cm³/mol. The SMILES string of the molecule is CC1(c2ccc(C34CCN(CC3)CC4)cc2)CCCN1. The Morgan fingerprint density at radius 2 is 1.50 bits per heavy atom. The number of nitrogens with one attached hydrogen (secondary N) is 1. The molecule has 4 saturated heterocycles. The molecule has 0 spiro atoms. The van der Waals surface area contributed by atoms with Gasteiger partial charge in [-0.3, -0.25) is 0 Å². The Hall–Kier alpha value is -0.860. The van der Waals surface area contributed by atoms with Crippen molar-refractivity contribution in [2.24, 2.45) is 0 Å². The monoisotopic (exact) mass is 270 g/mol. The molecule has 0 amide bonds. The van der Waals surface area contributed by atoms with Gasteiger partial charge >= 0.3 is 0 Å². The van der Waals surface area contributed by atoms with Gasteiger partial charge in [0.2, 0.25) is 0 Å². The summed E-state index contributed by atoms with van der Waals surface area (Å²) >= 11 is 0. The van der Waals surface area contributed by atoms with Gasteiger partial charge in [-0.15, -0.1) is 0 Å². The van der Waals surface area contributed by atoms with Gasteiger partial charge in [0.15, 0.2) is 0 Å². The molecule has 1 N–H and O–H groups in total. The van der Waals surface area contributed by atoms with Gasteiger partial charge in [0.05, 0.1) is 0 Å². The van der Waals surface area contributed by atoms with Gasteiger partial charge in [-0.25, -0.2) is 0 Å². The molecular weight excluding hydrogens is 244 g/mol. The summed E-state index contributed by atoms with van der Waals surface area (Å²) in [7, 11) is 0. The van der Waals surface area contributed by atoms with Crippen molar-refractivity contribution in [3.8, 4) is 0 Å². The molecule has 0 aromatic heterocycles. The Morgan fingerprint density at radius 3 is 2.05 bits per heavy atom. The molecule has 108 valence electrons. The summed E-state index contributed by atoms with van der Waals surface area (Å²) in [5.74, 6) is 0. The molecule has 5 rings (SSSR count). The van der Waals surface area contributed by atoms with E-state index in [0.717, 1.165) is 6.54 Å². The van der Waals surface area contributed by atoms with Gasteiger partial charge in [-0.2, -0.15) is 0 Å². The first-order chi connectivity index (χ1) is 9.70. The van der Waals surface area contributed by atoms with Gasteiger partial charge in [0.1, 0.15) is 0 Å². The van der Waals surface area contributed by atoms with E-state index in [4.69, 9.17) is 0 Å². The summed E-state index contributed by atoms with van der Waals surface area (Å²) in [6.45, 7) is 7.44. The first-order valence-electron chi connectivity index (χ1n) is 8.29. The molecule has 0 aliphatic carbocycles. The van der Waals surface area contributed by atoms with Crippen molar-refractivity contribution in [2.75, 3.05) is 26.2 Å². The number of fused-ring (bicyclic) bond motifs is 3. The molecule has 4 aliphatic rings. The molecule has 1 aromatic rings. The number of hydrogen-bond acceptors (Lipinski definition) is 2. The zero-order valence-corrected chi connectivity index (χ0v) is 12.6. The van der Waals surface area contributed by atoms with Crippen LogP contribution in [0.2, 0.25) is 0 Å². The minimum atomic E-state index is 0.214. The second kappa shape index (κ2) is 4.57. The average molecular weight is 270 g/mol. The molecule has 4 heterocycles. The van der Waals surface area contributed by atoms with Crippen LogP contribution in [0.15, 0.2) is 24.3 Å². The fourth-order valence-corrected chi connectivity index (χ4v) is 4.59. The first-order valence-corrected chi connectivity index (χ1v) is 8.29. The summed E-state index contributed by atoms with van der Waals surface area (Å²) in [6.07, 6.45) is 6.66. The van der Waals surface area contributed by atoms with Crippen molar-refractivity contribution in [1.82, 2.24) is 10.2 Å². The Morgan fingerprint density at radius 1 is 0.900 bits per heavy atom.